The Labute approximate surface area is 105 Å². The summed E-state index contributed by atoms with van der Waals surface area (Å²) in [5, 5.41) is 3.51. The van der Waals surface area contributed by atoms with Crippen LogP contribution in [0.1, 0.15) is 44.9 Å². The molecular weight excluding hydrogens is 214 g/mol. The molecule has 17 heavy (non-hydrogen) atoms. The fourth-order valence-corrected chi connectivity index (χ4v) is 2.83. The quantitative estimate of drug-likeness (QED) is 0.694. The Bertz CT molecular complexity index is 187. The normalized spacial score (nSPS) is 26.5. The van der Waals surface area contributed by atoms with E-state index in [1.807, 2.05) is 0 Å². The molecular formula is C14H27NO2. The summed E-state index contributed by atoms with van der Waals surface area (Å²) >= 11 is 0. The second-order valence-corrected chi connectivity index (χ2v) is 5.42. The molecule has 3 nitrogen and oxygen atoms in total. The van der Waals surface area contributed by atoms with Gasteiger partial charge in [0.15, 0.2) is 0 Å². The van der Waals surface area contributed by atoms with E-state index < -0.39 is 0 Å². The summed E-state index contributed by atoms with van der Waals surface area (Å²) < 4.78 is 11.1. The van der Waals surface area contributed by atoms with E-state index in [9.17, 15) is 0 Å². The van der Waals surface area contributed by atoms with Crippen LogP contribution in [-0.2, 0) is 9.47 Å². The molecule has 1 saturated carbocycles. The van der Waals surface area contributed by atoms with Crippen molar-refractivity contribution < 1.29 is 9.47 Å². The fraction of sp³-hybridized carbons (Fsp3) is 1.00. The van der Waals surface area contributed by atoms with E-state index in [0.717, 1.165) is 32.3 Å². The Balaban J connectivity index is 1.38. The molecule has 1 atom stereocenters. The van der Waals surface area contributed by atoms with Gasteiger partial charge in [0.25, 0.3) is 0 Å². The van der Waals surface area contributed by atoms with Crippen LogP contribution < -0.4 is 5.32 Å². The van der Waals surface area contributed by atoms with Gasteiger partial charge in [-0.1, -0.05) is 19.3 Å². The molecule has 1 aliphatic carbocycles. The van der Waals surface area contributed by atoms with E-state index in [1.165, 1.54) is 51.5 Å². The van der Waals surface area contributed by atoms with Crippen molar-refractivity contribution in [2.75, 3.05) is 32.9 Å². The van der Waals surface area contributed by atoms with Gasteiger partial charge in [0, 0.05) is 13.2 Å². The number of hydrogen-bond acceptors (Lipinski definition) is 3. The van der Waals surface area contributed by atoms with Gasteiger partial charge in [-0.15, -0.1) is 0 Å². The smallest absolute Gasteiger partial charge is 0.0809 e. The van der Waals surface area contributed by atoms with Crippen molar-refractivity contribution in [3.8, 4) is 0 Å². The van der Waals surface area contributed by atoms with Crippen LogP contribution in [0.2, 0.25) is 0 Å². The lowest BCUT2D eigenvalue weighted by Gasteiger charge is -2.21. The maximum Gasteiger partial charge on any atom is 0.0809 e. The highest BCUT2D eigenvalue weighted by Gasteiger charge is 2.15. The lowest BCUT2D eigenvalue weighted by Crippen LogP contribution is -2.28. The highest BCUT2D eigenvalue weighted by molar-refractivity contribution is 4.68. The van der Waals surface area contributed by atoms with Gasteiger partial charge in [0.1, 0.15) is 0 Å². The number of nitrogens with one attached hydrogen (secondary N) is 1. The van der Waals surface area contributed by atoms with Crippen molar-refractivity contribution in [3.63, 3.8) is 0 Å². The zero-order valence-corrected chi connectivity index (χ0v) is 11.0. The number of rotatable bonds is 7. The molecule has 1 saturated heterocycles. The molecule has 1 aliphatic heterocycles. The Morgan fingerprint density at radius 2 is 1.94 bits per heavy atom. The maximum atomic E-state index is 5.62. The molecule has 0 spiro atoms. The Morgan fingerprint density at radius 1 is 1.06 bits per heavy atom. The zero-order chi connectivity index (χ0) is 11.8. The molecule has 0 amide bonds. The summed E-state index contributed by atoms with van der Waals surface area (Å²) in [5.74, 6) is 0.918. The van der Waals surface area contributed by atoms with E-state index in [2.05, 4.69) is 5.32 Å². The summed E-state index contributed by atoms with van der Waals surface area (Å²) in [6.07, 6.45) is 9.90. The van der Waals surface area contributed by atoms with E-state index in [0.29, 0.717) is 6.10 Å². The lowest BCUT2D eigenvalue weighted by atomic mass is 9.89. The maximum absolute atomic E-state index is 5.62. The lowest BCUT2D eigenvalue weighted by molar-refractivity contribution is 0.0181. The van der Waals surface area contributed by atoms with Gasteiger partial charge < -0.3 is 14.8 Å². The van der Waals surface area contributed by atoms with Crippen LogP contribution in [0.25, 0.3) is 0 Å². The molecule has 2 fully saturated rings. The summed E-state index contributed by atoms with van der Waals surface area (Å²) in [7, 11) is 0. The van der Waals surface area contributed by atoms with E-state index in [-0.39, 0.29) is 0 Å². The highest BCUT2D eigenvalue weighted by atomic mass is 16.5. The molecule has 1 heterocycles. The summed E-state index contributed by atoms with van der Waals surface area (Å²) in [6.45, 7) is 4.71. The Kier molecular flexibility index (Phi) is 6.32. The molecule has 0 bridgehead atoms. The summed E-state index contributed by atoms with van der Waals surface area (Å²) in [4.78, 5) is 0. The largest absolute Gasteiger partial charge is 0.377 e. The highest BCUT2D eigenvalue weighted by Crippen LogP contribution is 2.22. The van der Waals surface area contributed by atoms with Crippen LogP contribution in [0.3, 0.4) is 0 Å². The minimum absolute atomic E-state index is 0.369. The van der Waals surface area contributed by atoms with Crippen molar-refractivity contribution >= 4 is 0 Å². The van der Waals surface area contributed by atoms with Gasteiger partial charge in [0.2, 0.25) is 0 Å². The second-order valence-electron chi connectivity index (χ2n) is 5.42. The van der Waals surface area contributed by atoms with E-state index in [1.54, 1.807) is 0 Å². The topological polar surface area (TPSA) is 30.5 Å². The molecule has 0 aromatic rings. The minimum Gasteiger partial charge on any atom is -0.377 e. The van der Waals surface area contributed by atoms with Crippen molar-refractivity contribution in [2.24, 2.45) is 5.92 Å². The molecule has 3 heteroatoms. The van der Waals surface area contributed by atoms with Crippen molar-refractivity contribution in [1.29, 1.82) is 0 Å². The molecule has 1 unspecified atom stereocenters. The van der Waals surface area contributed by atoms with Crippen molar-refractivity contribution in [2.45, 2.75) is 51.0 Å². The minimum atomic E-state index is 0.369. The predicted octanol–water partition coefficient (Wildman–Crippen LogP) is 2.35. The van der Waals surface area contributed by atoms with Crippen molar-refractivity contribution in [3.05, 3.63) is 0 Å². The van der Waals surface area contributed by atoms with Gasteiger partial charge in [-0.2, -0.15) is 0 Å². The molecule has 100 valence electrons. The first-order chi connectivity index (χ1) is 8.45. The molecule has 2 rings (SSSR count). The van der Waals surface area contributed by atoms with Gasteiger partial charge in [0.05, 0.1) is 19.3 Å². The van der Waals surface area contributed by atoms with Crippen LogP contribution in [0.15, 0.2) is 0 Å². The third-order valence-corrected chi connectivity index (χ3v) is 3.91. The zero-order valence-electron chi connectivity index (χ0n) is 11.0. The van der Waals surface area contributed by atoms with Crippen LogP contribution in [0, 0.1) is 5.92 Å². The van der Waals surface area contributed by atoms with Gasteiger partial charge in [-0.25, -0.2) is 0 Å². The van der Waals surface area contributed by atoms with Gasteiger partial charge in [-0.3, -0.25) is 0 Å². The van der Waals surface area contributed by atoms with Crippen LogP contribution >= 0.6 is 0 Å². The molecule has 0 radical (unpaired) electrons. The Hall–Kier alpha value is -0.120. The third kappa shape index (κ3) is 5.36. The fourth-order valence-electron chi connectivity index (χ4n) is 2.83. The average molecular weight is 241 g/mol. The van der Waals surface area contributed by atoms with Crippen LogP contribution in [0.4, 0.5) is 0 Å². The van der Waals surface area contributed by atoms with E-state index >= 15 is 0 Å². The first kappa shape index (κ1) is 13.3. The average Bonchev–Trinajstić information content (AvgIpc) is 2.88. The molecule has 2 aliphatic rings. The first-order valence-electron chi connectivity index (χ1n) is 7.35. The molecule has 0 aromatic heterocycles. The van der Waals surface area contributed by atoms with E-state index in [4.69, 9.17) is 9.47 Å². The van der Waals surface area contributed by atoms with Gasteiger partial charge >= 0.3 is 0 Å². The molecule has 1 N–H and O–H groups in total. The summed E-state index contributed by atoms with van der Waals surface area (Å²) in [6, 6.07) is 0. The third-order valence-electron chi connectivity index (χ3n) is 3.91. The number of hydrogen-bond donors (Lipinski definition) is 1. The van der Waals surface area contributed by atoms with Gasteiger partial charge in [-0.05, 0) is 38.1 Å². The molecule has 0 aromatic carbocycles. The standard InChI is InChI=1S/C14H27NO2/c1-2-5-13(6-3-1)11-15-8-10-16-12-14-7-4-9-17-14/h13-15H,1-12H2. The number of ether oxygens (including phenoxy) is 2. The SMILES string of the molecule is C1CCC(CNCCOCC2CCCO2)CC1. The Morgan fingerprint density at radius 3 is 2.71 bits per heavy atom. The predicted molar refractivity (Wildman–Crippen MR) is 69.2 cm³/mol. The van der Waals surface area contributed by atoms with Crippen LogP contribution in [-0.4, -0.2) is 39.0 Å². The second kappa shape index (κ2) is 8.06. The van der Waals surface area contributed by atoms with Crippen molar-refractivity contribution in [1.82, 2.24) is 5.32 Å². The van der Waals surface area contributed by atoms with Crippen LogP contribution in [0.5, 0.6) is 0 Å². The first-order valence-corrected chi connectivity index (χ1v) is 7.35. The summed E-state index contributed by atoms with van der Waals surface area (Å²) in [5.41, 5.74) is 0. The monoisotopic (exact) mass is 241 g/mol.